The minimum Gasteiger partial charge on any atom is -0.490 e. The lowest BCUT2D eigenvalue weighted by atomic mass is 10.1. The summed E-state index contributed by atoms with van der Waals surface area (Å²) in [6.45, 7) is 7.91. The Morgan fingerprint density at radius 3 is 2.47 bits per heavy atom. The molecule has 2 heterocycles. The number of oxazole rings is 1. The molecule has 10 heteroatoms. The number of hydrogen-bond donors (Lipinski definition) is 2. The van der Waals surface area contributed by atoms with Gasteiger partial charge < -0.3 is 24.3 Å². The normalized spacial score (nSPS) is 11.9. The number of halogens is 1. The monoisotopic (exact) mass is 538 g/mol. The molecule has 0 saturated carbocycles. The Kier molecular flexibility index (Phi) is 8.81. The molecule has 0 bridgehead atoms. The van der Waals surface area contributed by atoms with Crippen molar-refractivity contribution in [2.45, 2.75) is 46.6 Å². The van der Waals surface area contributed by atoms with Crippen LogP contribution in [0.2, 0.25) is 5.02 Å². The van der Waals surface area contributed by atoms with Gasteiger partial charge in [0.2, 0.25) is 17.7 Å². The van der Waals surface area contributed by atoms with Crippen molar-refractivity contribution in [2.24, 2.45) is 0 Å². The zero-order valence-electron chi connectivity index (χ0n) is 21.9. The first-order valence-corrected chi connectivity index (χ1v) is 12.8. The van der Waals surface area contributed by atoms with Crippen LogP contribution in [-0.2, 0) is 11.2 Å². The van der Waals surface area contributed by atoms with Crippen LogP contribution < -0.4 is 14.8 Å². The molecular weight excluding hydrogens is 508 g/mol. The molecule has 0 spiro atoms. The lowest BCUT2D eigenvalue weighted by Crippen LogP contribution is -2.34. The number of benzene rings is 2. The molecule has 1 amide bonds. The summed E-state index contributed by atoms with van der Waals surface area (Å²) in [6, 6.07) is 11.3. The summed E-state index contributed by atoms with van der Waals surface area (Å²) in [5, 5.41) is 13.3. The third kappa shape index (κ3) is 6.79. The third-order valence-corrected chi connectivity index (χ3v) is 5.96. The van der Waals surface area contributed by atoms with E-state index in [1.54, 1.807) is 0 Å². The van der Waals surface area contributed by atoms with E-state index in [1.807, 2.05) is 57.2 Å². The van der Waals surface area contributed by atoms with Crippen LogP contribution in [0.1, 0.15) is 42.8 Å². The molecule has 2 N–H and O–H groups in total. The fraction of sp³-hybridized carbons (Fsp3) is 0.357. The number of ether oxygens (including phenoxy) is 2. The maximum atomic E-state index is 11.1. The number of carbonyl (C=O) groups excluding carboxylic acids is 1. The Hall–Kier alpha value is -3.69. The van der Waals surface area contributed by atoms with E-state index in [9.17, 15) is 9.90 Å². The summed E-state index contributed by atoms with van der Waals surface area (Å²) in [7, 11) is 0. The predicted octanol–water partition coefficient (Wildman–Crippen LogP) is 4.81. The Labute approximate surface area is 226 Å². The van der Waals surface area contributed by atoms with Gasteiger partial charge in [-0.05, 0) is 61.2 Å². The van der Waals surface area contributed by atoms with Gasteiger partial charge in [-0.15, -0.1) is 0 Å². The molecule has 1 unspecified atom stereocenters. The third-order valence-electron chi connectivity index (χ3n) is 5.71. The second-order valence-corrected chi connectivity index (χ2v) is 9.55. The number of amides is 1. The number of fused-ring (bicyclic) bond motifs is 1. The number of aryl methyl sites for hydroxylation is 2. The quantitative estimate of drug-likeness (QED) is 0.279. The SMILES string of the molecule is CCCOc1nc(Cc2ccc(Cl)cc2)nc2oc(-c3cc(C)c(OCC(O)CNC(C)=O)c(C)c3)nc12. The van der Waals surface area contributed by atoms with Crippen molar-refractivity contribution in [3.8, 4) is 23.1 Å². The number of nitrogens with zero attached hydrogens (tertiary/aromatic N) is 3. The molecule has 0 aliphatic rings. The molecule has 0 fully saturated rings. The van der Waals surface area contributed by atoms with Crippen molar-refractivity contribution in [1.29, 1.82) is 0 Å². The first-order chi connectivity index (χ1) is 18.2. The molecule has 200 valence electrons. The van der Waals surface area contributed by atoms with Gasteiger partial charge in [-0.1, -0.05) is 30.7 Å². The van der Waals surface area contributed by atoms with E-state index in [0.717, 1.165) is 28.7 Å². The van der Waals surface area contributed by atoms with Gasteiger partial charge in [-0.25, -0.2) is 4.98 Å². The van der Waals surface area contributed by atoms with Gasteiger partial charge in [0.1, 0.15) is 24.3 Å². The number of aliphatic hydroxyl groups excluding tert-OH is 1. The van der Waals surface area contributed by atoms with Gasteiger partial charge in [0, 0.05) is 30.5 Å². The Morgan fingerprint density at radius 1 is 1.11 bits per heavy atom. The molecule has 2 aromatic heterocycles. The Balaban J connectivity index is 1.61. The minimum atomic E-state index is -0.823. The fourth-order valence-electron chi connectivity index (χ4n) is 3.93. The standard InChI is InChI=1S/C28H31ClN4O5/c1-5-10-36-27-24-28(32-23(31-27)13-19-6-8-21(29)9-7-19)38-26(33-24)20-11-16(2)25(17(3)12-20)37-15-22(35)14-30-18(4)34/h6-9,11-12,22,35H,5,10,13-15H2,1-4H3,(H,30,34). The van der Waals surface area contributed by atoms with Crippen LogP contribution in [0.25, 0.3) is 22.7 Å². The fourth-order valence-corrected chi connectivity index (χ4v) is 4.05. The van der Waals surface area contributed by atoms with Crippen molar-refractivity contribution in [1.82, 2.24) is 20.3 Å². The maximum Gasteiger partial charge on any atom is 0.254 e. The van der Waals surface area contributed by atoms with Crippen molar-refractivity contribution in [3.63, 3.8) is 0 Å². The van der Waals surface area contributed by atoms with Crippen LogP contribution in [0.15, 0.2) is 40.8 Å². The zero-order chi connectivity index (χ0) is 27.2. The van der Waals surface area contributed by atoms with Crippen molar-refractivity contribution in [2.75, 3.05) is 19.8 Å². The molecule has 4 aromatic rings. The highest BCUT2D eigenvalue weighted by Gasteiger charge is 2.19. The summed E-state index contributed by atoms with van der Waals surface area (Å²) in [4.78, 5) is 25.0. The summed E-state index contributed by atoms with van der Waals surface area (Å²) in [6.07, 6.45) is 0.489. The molecule has 0 aliphatic heterocycles. The van der Waals surface area contributed by atoms with Gasteiger partial charge in [-0.3, -0.25) is 4.79 Å². The summed E-state index contributed by atoms with van der Waals surface area (Å²) in [5.74, 6) is 1.79. The molecular formula is C28H31ClN4O5. The van der Waals surface area contributed by atoms with Crippen LogP contribution in [-0.4, -0.2) is 51.8 Å². The van der Waals surface area contributed by atoms with Gasteiger partial charge >= 0.3 is 0 Å². The molecule has 1 atom stereocenters. The Bertz CT molecular complexity index is 1400. The molecule has 4 rings (SSSR count). The topological polar surface area (TPSA) is 120 Å². The van der Waals surface area contributed by atoms with Crippen LogP contribution >= 0.6 is 11.6 Å². The van der Waals surface area contributed by atoms with E-state index in [0.29, 0.717) is 52.6 Å². The molecule has 38 heavy (non-hydrogen) atoms. The van der Waals surface area contributed by atoms with E-state index < -0.39 is 6.10 Å². The summed E-state index contributed by atoms with van der Waals surface area (Å²) >= 11 is 6.02. The average Bonchev–Trinajstić information content (AvgIpc) is 3.31. The van der Waals surface area contributed by atoms with E-state index in [4.69, 9.17) is 25.5 Å². The van der Waals surface area contributed by atoms with Gasteiger partial charge in [0.25, 0.3) is 5.71 Å². The van der Waals surface area contributed by atoms with Crippen molar-refractivity contribution >= 4 is 28.7 Å². The van der Waals surface area contributed by atoms with Gasteiger partial charge in [-0.2, -0.15) is 9.97 Å². The predicted molar refractivity (Wildman–Crippen MR) is 145 cm³/mol. The second kappa shape index (κ2) is 12.2. The average molecular weight is 539 g/mol. The number of hydrogen-bond acceptors (Lipinski definition) is 8. The van der Waals surface area contributed by atoms with Crippen LogP contribution in [0.5, 0.6) is 11.6 Å². The van der Waals surface area contributed by atoms with E-state index >= 15 is 0 Å². The molecule has 2 aromatic carbocycles. The van der Waals surface area contributed by atoms with E-state index in [1.165, 1.54) is 6.92 Å². The molecule has 0 saturated heterocycles. The van der Waals surface area contributed by atoms with Gasteiger partial charge in [0.05, 0.1) is 6.61 Å². The highest BCUT2D eigenvalue weighted by Crippen LogP contribution is 2.33. The second-order valence-electron chi connectivity index (χ2n) is 9.11. The highest BCUT2D eigenvalue weighted by molar-refractivity contribution is 6.30. The molecule has 0 radical (unpaired) electrons. The highest BCUT2D eigenvalue weighted by atomic mass is 35.5. The number of carbonyl (C=O) groups is 1. The van der Waals surface area contributed by atoms with Crippen LogP contribution in [0.4, 0.5) is 0 Å². The number of nitrogens with one attached hydrogen (secondary N) is 1. The van der Waals surface area contributed by atoms with Crippen LogP contribution in [0, 0.1) is 13.8 Å². The minimum absolute atomic E-state index is 0.0499. The van der Waals surface area contributed by atoms with Crippen molar-refractivity contribution in [3.05, 3.63) is 63.9 Å². The smallest absolute Gasteiger partial charge is 0.254 e. The van der Waals surface area contributed by atoms with Crippen LogP contribution in [0.3, 0.4) is 0 Å². The van der Waals surface area contributed by atoms with E-state index in [2.05, 4.69) is 20.3 Å². The summed E-state index contributed by atoms with van der Waals surface area (Å²) in [5.41, 5.74) is 4.28. The number of aromatic nitrogens is 3. The number of rotatable bonds is 11. The molecule has 0 aliphatic carbocycles. The first kappa shape index (κ1) is 27.3. The Morgan fingerprint density at radius 2 is 1.82 bits per heavy atom. The first-order valence-electron chi connectivity index (χ1n) is 12.4. The maximum absolute atomic E-state index is 11.1. The lowest BCUT2D eigenvalue weighted by molar-refractivity contribution is -0.119. The van der Waals surface area contributed by atoms with Crippen molar-refractivity contribution < 1.29 is 23.8 Å². The molecule has 9 nitrogen and oxygen atoms in total. The van der Waals surface area contributed by atoms with Gasteiger partial charge in [0.15, 0.2) is 5.52 Å². The zero-order valence-corrected chi connectivity index (χ0v) is 22.6. The summed E-state index contributed by atoms with van der Waals surface area (Å²) < 4.78 is 17.8. The number of aliphatic hydroxyl groups is 1. The lowest BCUT2D eigenvalue weighted by Gasteiger charge is -2.16. The largest absolute Gasteiger partial charge is 0.490 e. The van der Waals surface area contributed by atoms with E-state index in [-0.39, 0.29) is 19.1 Å².